The van der Waals surface area contributed by atoms with E-state index in [1.165, 1.54) is 9.80 Å². The molecule has 3 fully saturated rings. The average molecular weight is 412 g/mol. The smallest absolute Gasteiger partial charge is 0.410 e. The lowest BCUT2D eigenvalue weighted by atomic mass is 9.98. The van der Waals surface area contributed by atoms with Gasteiger partial charge >= 0.3 is 12.1 Å². The largest absolute Gasteiger partial charge is 0.444 e. The summed E-state index contributed by atoms with van der Waals surface area (Å²) in [6.07, 6.45) is 1.52. The zero-order chi connectivity index (χ0) is 21.3. The van der Waals surface area contributed by atoms with Crippen LogP contribution in [0.1, 0.15) is 46.5 Å². The molecule has 4 amide bonds. The van der Waals surface area contributed by atoms with Crippen molar-refractivity contribution >= 4 is 23.8 Å². The van der Waals surface area contributed by atoms with Crippen LogP contribution < -0.4 is 5.48 Å². The van der Waals surface area contributed by atoms with E-state index in [9.17, 15) is 24.4 Å². The number of hydrogen-bond acceptors (Lipinski definition) is 7. The van der Waals surface area contributed by atoms with Crippen LogP contribution in [0.5, 0.6) is 0 Å². The van der Waals surface area contributed by atoms with Crippen LogP contribution in [-0.4, -0.2) is 87.3 Å². The summed E-state index contributed by atoms with van der Waals surface area (Å²) in [5.74, 6) is -0.883. The van der Waals surface area contributed by atoms with E-state index in [-0.39, 0.29) is 11.8 Å². The second-order valence-electron chi connectivity index (χ2n) is 8.58. The standard InChI is InChI=1S/C18H28N4O7/c1-18(2,3)29-17(26)20-8-4-5-13(20)15(24)19-28-10-14(23)12-7-6-11-9-21(12)16(25)22(11)27/h11-13,27H,4-10H2,1-3H3,(H,19,24)/t11?,12?,13-/m0/s1. The predicted molar refractivity (Wildman–Crippen MR) is 97.6 cm³/mol. The Balaban J connectivity index is 1.47. The van der Waals surface area contributed by atoms with Gasteiger partial charge in [0, 0.05) is 13.1 Å². The maximum Gasteiger partial charge on any atom is 0.410 e. The van der Waals surface area contributed by atoms with E-state index < -0.39 is 42.3 Å². The van der Waals surface area contributed by atoms with Gasteiger partial charge in [-0.15, -0.1) is 0 Å². The number of nitrogens with one attached hydrogen (secondary N) is 1. The molecule has 3 saturated heterocycles. The minimum atomic E-state index is -0.724. The first-order valence-corrected chi connectivity index (χ1v) is 9.81. The molecule has 2 bridgehead atoms. The van der Waals surface area contributed by atoms with E-state index in [1.807, 2.05) is 0 Å². The number of amides is 4. The highest BCUT2D eigenvalue weighted by atomic mass is 16.7. The summed E-state index contributed by atoms with van der Waals surface area (Å²) in [6.45, 7) is 5.54. The Labute approximate surface area is 168 Å². The van der Waals surface area contributed by atoms with Crippen LogP contribution in [0, 0.1) is 0 Å². The number of ether oxygens (including phenoxy) is 1. The first-order valence-electron chi connectivity index (χ1n) is 9.81. The maximum atomic E-state index is 12.4. The number of piperidine rings is 1. The zero-order valence-corrected chi connectivity index (χ0v) is 16.9. The van der Waals surface area contributed by atoms with E-state index in [4.69, 9.17) is 9.57 Å². The Morgan fingerprint density at radius 2 is 1.90 bits per heavy atom. The Morgan fingerprint density at radius 3 is 2.59 bits per heavy atom. The van der Waals surface area contributed by atoms with Gasteiger partial charge in [0.2, 0.25) is 0 Å². The third-order valence-electron chi connectivity index (χ3n) is 5.29. The molecule has 3 atom stereocenters. The van der Waals surface area contributed by atoms with Crippen LogP contribution in [0.4, 0.5) is 9.59 Å². The van der Waals surface area contributed by atoms with E-state index in [0.29, 0.717) is 43.8 Å². The molecule has 3 rings (SSSR count). The molecule has 11 nitrogen and oxygen atoms in total. The molecule has 29 heavy (non-hydrogen) atoms. The van der Waals surface area contributed by atoms with E-state index in [2.05, 4.69) is 5.48 Å². The van der Waals surface area contributed by atoms with Crippen LogP contribution in [0.15, 0.2) is 0 Å². The molecule has 3 aliphatic rings. The fraction of sp³-hybridized carbons (Fsp3) is 0.778. The van der Waals surface area contributed by atoms with Gasteiger partial charge in [0.15, 0.2) is 5.78 Å². The third kappa shape index (κ3) is 4.61. The molecule has 0 aromatic rings. The Morgan fingerprint density at radius 1 is 1.17 bits per heavy atom. The fourth-order valence-electron chi connectivity index (χ4n) is 3.91. The number of hydroxylamine groups is 3. The Kier molecular flexibility index (Phi) is 5.99. The molecule has 3 heterocycles. The molecule has 2 unspecified atom stereocenters. The molecule has 0 aromatic carbocycles. The molecule has 162 valence electrons. The van der Waals surface area contributed by atoms with Gasteiger partial charge in [-0.2, -0.15) is 0 Å². The SMILES string of the molecule is CC(C)(C)OC(=O)N1CCC[C@H]1C(=O)NOCC(=O)C1CCC2CN1C(=O)N2O. The summed E-state index contributed by atoms with van der Waals surface area (Å²) in [6, 6.07) is -2.28. The first kappa shape index (κ1) is 21.3. The van der Waals surface area contributed by atoms with Gasteiger partial charge in [0.1, 0.15) is 18.2 Å². The second kappa shape index (κ2) is 8.15. The number of carbonyl (C=O) groups is 4. The van der Waals surface area contributed by atoms with Crippen molar-refractivity contribution in [2.75, 3.05) is 19.7 Å². The van der Waals surface area contributed by atoms with Crippen molar-refractivity contribution in [1.29, 1.82) is 0 Å². The van der Waals surface area contributed by atoms with Crippen LogP contribution >= 0.6 is 0 Å². The molecule has 2 N–H and O–H groups in total. The quantitative estimate of drug-likeness (QED) is 0.501. The van der Waals surface area contributed by atoms with Gasteiger partial charge in [0.05, 0.1) is 12.1 Å². The van der Waals surface area contributed by atoms with Crippen molar-refractivity contribution in [3.8, 4) is 0 Å². The second-order valence-corrected chi connectivity index (χ2v) is 8.58. The fourth-order valence-corrected chi connectivity index (χ4v) is 3.91. The first-order chi connectivity index (χ1) is 13.6. The number of Topliss-reactive ketones (excluding diaryl/α,β-unsaturated/α-hetero) is 1. The van der Waals surface area contributed by atoms with Gasteiger partial charge in [-0.3, -0.25) is 24.5 Å². The maximum absolute atomic E-state index is 12.4. The summed E-state index contributed by atoms with van der Waals surface area (Å²) >= 11 is 0. The lowest BCUT2D eigenvalue weighted by Crippen LogP contribution is -2.49. The highest BCUT2D eigenvalue weighted by Crippen LogP contribution is 2.28. The Bertz CT molecular complexity index is 692. The lowest BCUT2D eigenvalue weighted by Gasteiger charge is -2.29. The van der Waals surface area contributed by atoms with Crippen LogP contribution in [0.2, 0.25) is 0 Å². The number of hydrogen-bond donors (Lipinski definition) is 2. The van der Waals surface area contributed by atoms with Crippen molar-refractivity contribution in [2.45, 2.75) is 70.2 Å². The summed E-state index contributed by atoms with van der Waals surface area (Å²) < 4.78 is 5.32. The monoisotopic (exact) mass is 412 g/mol. The van der Waals surface area contributed by atoms with Crippen LogP contribution in [0.3, 0.4) is 0 Å². The molecular formula is C18H28N4O7. The number of carbonyl (C=O) groups excluding carboxylic acids is 4. The normalized spacial score (nSPS) is 26.7. The van der Waals surface area contributed by atoms with Crippen molar-refractivity contribution in [1.82, 2.24) is 20.3 Å². The van der Waals surface area contributed by atoms with Gasteiger partial charge in [-0.25, -0.2) is 20.1 Å². The molecule has 0 aliphatic carbocycles. The number of likely N-dealkylation sites (tertiary alicyclic amines) is 1. The average Bonchev–Trinajstić information content (AvgIpc) is 3.21. The van der Waals surface area contributed by atoms with Crippen molar-refractivity contribution in [3.63, 3.8) is 0 Å². The van der Waals surface area contributed by atoms with Crippen LogP contribution in [-0.2, 0) is 19.2 Å². The van der Waals surface area contributed by atoms with E-state index in [1.54, 1.807) is 20.8 Å². The number of fused-ring (bicyclic) bond motifs is 2. The molecule has 3 aliphatic heterocycles. The summed E-state index contributed by atoms with van der Waals surface area (Å²) in [7, 11) is 0. The Hall–Kier alpha value is -2.40. The van der Waals surface area contributed by atoms with E-state index in [0.717, 1.165) is 0 Å². The highest BCUT2D eigenvalue weighted by molar-refractivity contribution is 5.91. The third-order valence-corrected chi connectivity index (χ3v) is 5.29. The van der Waals surface area contributed by atoms with Crippen molar-refractivity contribution in [2.24, 2.45) is 0 Å². The van der Waals surface area contributed by atoms with Gasteiger partial charge in [-0.1, -0.05) is 0 Å². The summed E-state index contributed by atoms with van der Waals surface area (Å²) in [5, 5.41) is 10.3. The predicted octanol–water partition coefficient (Wildman–Crippen LogP) is 0.661. The number of ketones is 1. The molecule has 0 aromatic heterocycles. The molecular weight excluding hydrogens is 384 g/mol. The van der Waals surface area contributed by atoms with Gasteiger partial charge in [-0.05, 0) is 46.5 Å². The minimum absolute atomic E-state index is 0.284. The van der Waals surface area contributed by atoms with E-state index >= 15 is 0 Å². The summed E-state index contributed by atoms with van der Waals surface area (Å²) in [4.78, 5) is 56.8. The topological polar surface area (TPSA) is 129 Å². The lowest BCUT2D eigenvalue weighted by molar-refractivity contribution is -0.143. The number of urea groups is 1. The molecule has 0 radical (unpaired) electrons. The number of nitrogens with zero attached hydrogens (tertiary/aromatic N) is 3. The molecule has 0 saturated carbocycles. The molecule has 11 heteroatoms. The van der Waals surface area contributed by atoms with Crippen molar-refractivity contribution in [3.05, 3.63) is 0 Å². The number of rotatable bonds is 5. The summed E-state index contributed by atoms with van der Waals surface area (Å²) in [5.41, 5.74) is 1.57. The van der Waals surface area contributed by atoms with Crippen LogP contribution in [0.25, 0.3) is 0 Å². The van der Waals surface area contributed by atoms with Gasteiger partial charge < -0.3 is 9.64 Å². The van der Waals surface area contributed by atoms with Crippen molar-refractivity contribution < 1.29 is 34.0 Å². The highest BCUT2D eigenvalue weighted by Gasteiger charge is 2.46. The molecule has 0 spiro atoms. The van der Waals surface area contributed by atoms with Gasteiger partial charge in [0.25, 0.3) is 5.91 Å². The zero-order valence-electron chi connectivity index (χ0n) is 16.9. The minimum Gasteiger partial charge on any atom is -0.444 e.